The summed E-state index contributed by atoms with van der Waals surface area (Å²) in [5.74, 6) is -0.153. The molecule has 0 spiro atoms. The molecule has 0 heterocycles. The number of benzene rings is 1. The maximum atomic E-state index is 13.0. The third-order valence-corrected chi connectivity index (χ3v) is 2.61. The van der Waals surface area contributed by atoms with E-state index in [2.05, 4.69) is 25.2 Å². The molecule has 0 fully saturated rings. The first-order chi connectivity index (χ1) is 8.22. The molecule has 17 heavy (non-hydrogen) atoms. The van der Waals surface area contributed by atoms with Crippen LogP contribution in [0.2, 0.25) is 0 Å². The lowest BCUT2D eigenvalue weighted by Gasteiger charge is -2.03. The molecule has 0 radical (unpaired) electrons. The number of rotatable bonds is 7. The monoisotopic (exact) mass is 235 g/mol. The van der Waals surface area contributed by atoms with Crippen molar-refractivity contribution in [3.05, 3.63) is 47.3 Å². The zero-order chi connectivity index (χ0) is 12.5. The predicted octanol–water partition coefficient (Wildman–Crippen LogP) is 3.70. The highest BCUT2D eigenvalue weighted by molar-refractivity contribution is 5.21. The quantitative estimate of drug-likeness (QED) is 0.561. The SMILES string of the molecule is CCCNCCC=C(C)Cc1cccc(F)c1. The van der Waals surface area contributed by atoms with Crippen LogP contribution in [0, 0.1) is 5.82 Å². The maximum Gasteiger partial charge on any atom is 0.123 e. The smallest absolute Gasteiger partial charge is 0.123 e. The first kappa shape index (κ1) is 13.9. The van der Waals surface area contributed by atoms with Crippen molar-refractivity contribution in [1.82, 2.24) is 5.32 Å². The fraction of sp³-hybridized carbons (Fsp3) is 0.467. The molecule has 0 unspecified atom stereocenters. The average molecular weight is 235 g/mol. The largest absolute Gasteiger partial charge is 0.316 e. The van der Waals surface area contributed by atoms with Crippen molar-refractivity contribution in [3.63, 3.8) is 0 Å². The van der Waals surface area contributed by atoms with Gasteiger partial charge in [-0.2, -0.15) is 0 Å². The molecule has 0 aromatic heterocycles. The lowest BCUT2D eigenvalue weighted by atomic mass is 10.1. The molecule has 2 heteroatoms. The highest BCUT2D eigenvalue weighted by atomic mass is 19.1. The molecule has 0 aliphatic rings. The van der Waals surface area contributed by atoms with E-state index in [9.17, 15) is 4.39 Å². The van der Waals surface area contributed by atoms with Crippen LogP contribution in [0.25, 0.3) is 0 Å². The van der Waals surface area contributed by atoms with Crippen LogP contribution in [0.3, 0.4) is 0 Å². The molecule has 1 rings (SSSR count). The van der Waals surface area contributed by atoms with E-state index in [0.717, 1.165) is 31.5 Å². The van der Waals surface area contributed by atoms with Gasteiger partial charge in [0.15, 0.2) is 0 Å². The van der Waals surface area contributed by atoms with Gasteiger partial charge in [-0.15, -0.1) is 0 Å². The van der Waals surface area contributed by atoms with Crippen molar-refractivity contribution in [1.29, 1.82) is 0 Å². The van der Waals surface area contributed by atoms with Crippen molar-refractivity contribution in [2.45, 2.75) is 33.1 Å². The molecule has 0 bridgehead atoms. The molecular formula is C15H22FN. The highest BCUT2D eigenvalue weighted by Crippen LogP contribution is 2.09. The topological polar surface area (TPSA) is 12.0 Å². The number of allylic oxidation sites excluding steroid dienone is 1. The number of halogens is 1. The molecule has 0 saturated heterocycles. The van der Waals surface area contributed by atoms with E-state index >= 15 is 0 Å². The summed E-state index contributed by atoms with van der Waals surface area (Å²) in [5.41, 5.74) is 2.34. The van der Waals surface area contributed by atoms with Crippen LogP contribution in [0.1, 0.15) is 32.3 Å². The molecule has 0 saturated carbocycles. The Hall–Kier alpha value is -1.15. The minimum absolute atomic E-state index is 0.153. The van der Waals surface area contributed by atoms with Crippen LogP contribution < -0.4 is 5.32 Å². The van der Waals surface area contributed by atoms with Gasteiger partial charge in [-0.25, -0.2) is 4.39 Å². The average Bonchev–Trinajstić information content (AvgIpc) is 2.29. The van der Waals surface area contributed by atoms with Gasteiger partial charge in [0, 0.05) is 0 Å². The summed E-state index contributed by atoms with van der Waals surface area (Å²) in [7, 11) is 0. The van der Waals surface area contributed by atoms with Crippen LogP contribution in [0.5, 0.6) is 0 Å². The van der Waals surface area contributed by atoms with Crippen molar-refractivity contribution in [3.8, 4) is 0 Å². The van der Waals surface area contributed by atoms with Gasteiger partial charge in [0.2, 0.25) is 0 Å². The Morgan fingerprint density at radius 3 is 2.88 bits per heavy atom. The van der Waals surface area contributed by atoms with Crippen LogP contribution in [-0.4, -0.2) is 13.1 Å². The first-order valence-corrected chi connectivity index (χ1v) is 6.33. The third kappa shape index (κ3) is 6.22. The molecule has 1 aromatic rings. The fourth-order valence-electron chi connectivity index (χ4n) is 1.76. The summed E-state index contributed by atoms with van der Waals surface area (Å²) in [5, 5.41) is 3.36. The summed E-state index contributed by atoms with van der Waals surface area (Å²) < 4.78 is 13.0. The summed E-state index contributed by atoms with van der Waals surface area (Å²) in [6.45, 7) is 6.37. The molecule has 0 aliphatic carbocycles. The molecule has 0 atom stereocenters. The van der Waals surface area contributed by atoms with Crippen molar-refractivity contribution in [2.75, 3.05) is 13.1 Å². The second-order valence-corrected chi connectivity index (χ2v) is 4.40. The number of hydrogen-bond acceptors (Lipinski definition) is 1. The fourth-order valence-corrected chi connectivity index (χ4v) is 1.76. The molecule has 94 valence electrons. The van der Waals surface area contributed by atoms with Gasteiger partial charge in [-0.05, 0) is 57.0 Å². The van der Waals surface area contributed by atoms with E-state index in [-0.39, 0.29) is 5.82 Å². The van der Waals surface area contributed by atoms with Gasteiger partial charge in [0.1, 0.15) is 5.82 Å². The van der Waals surface area contributed by atoms with Gasteiger partial charge < -0.3 is 5.32 Å². The van der Waals surface area contributed by atoms with E-state index in [0.29, 0.717) is 0 Å². The summed E-state index contributed by atoms with van der Waals surface area (Å²) in [4.78, 5) is 0. The van der Waals surface area contributed by atoms with Gasteiger partial charge in [0.25, 0.3) is 0 Å². The van der Waals surface area contributed by atoms with E-state index in [1.807, 2.05) is 6.07 Å². The van der Waals surface area contributed by atoms with Gasteiger partial charge >= 0.3 is 0 Å². The Kier molecular flexibility index (Phi) is 6.56. The summed E-state index contributed by atoms with van der Waals surface area (Å²) in [6.07, 6.45) is 5.28. The summed E-state index contributed by atoms with van der Waals surface area (Å²) >= 11 is 0. The molecule has 0 amide bonds. The molecular weight excluding hydrogens is 213 g/mol. The maximum absolute atomic E-state index is 13.0. The number of hydrogen-bond donors (Lipinski definition) is 1. The van der Waals surface area contributed by atoms with Crippen molar-refractivity contribution >= 4 is 0 Å². The van der Waals surface area contributed by atoms with Gasteiger partial charge in [-0.3, -0.25) is 0 Å². The molecule has 1 nitrogen and oxygen atoms in total. The van der Waals surface area contributed by atoms with Crippen molar-refractivity contribution < 1.29 is 4.39 Å². The second kappa shape index (κ2) is 8.02. The lowest BCUT2D eigenvalue weighted by Crippen LogP contribution is -2.15. The zero-order valence-electron chi connectivity index (χ0n) is 10.8. The minimum atomic E-state index is -0.153. The van der Waals surface area contributed by atoms with Gasteiger partial charge in [0.05, 0.1) is 0 Å². The normalized spacial score (nSPS) is 11.8. The lowest BCUT2D eigenvalue weighted by molar-refractivity contribution is 0.626. The summed E-state index contributed by atoms with van der Waals surface area (Å²) in [6, 6.07) is 6.82. The van der Waals surface area contributed by atoms with E-state index < -0.39 is 0 Å². The van der Waals surface area contributed by atoms with Crippen LogP contribution in [0.4, 0.5) is 4.39 Å². The molecule has 1 aromatic carbocycles. The minimum Gasteiger partial charge on any atom is -0.316 e. The van der Waals surface area contributed by atoms with Crippen LogP contribution >= 0.6 is 0 Å². The Morgan fingerprint density at radius 1 is 1.35 bits per heavy atom. The predicted molar refractivity (Wildman–Crippen MR) is 71.6 cm³/mol. The standard InChI is InChI=1S/C15H22FN/c1-3-9-17-10-5-6-13(2)11-14-7-4-8-15(16)12-14/h4,6-8,12,17H,3,5,9-11H2,1-2H3. The van der Waals surface area contributed by atoms with Gasteiger partial charge in [-0.1, -0.05) is 30.7 Å². The van der Waals surface area contributed by atoms with E-state index in [1.54, 1.807) is 12.1 Å². The molecule has 0 aliphatic heterocycles. The molecule has 1 N–H and O–H groups in total. The zero-order valence-corrected chi connectivity index (χ0v) is 10.8. The van der Waals surface area contributed by atoms with Crippen LogP contribution in [0.15, 0.2) is 35.9 Å². The highest BCUT2D eigenvalue weighted by Gasteiger charge is 1.96. The van der Waals surface area contributed by atoms with Crippen molar-refractivity contribution in [2.24, 2.45) is 0 Å². The first-order valence-electron chi connectivity index (χ1n) is 6.33. The Balaban J connectivity index is 2.33. The Bertz CT molecular complexity index is 358. The van der Waals surface area contributed by atoms with E-state index in [4.69, 9.17) is 0 Å². The Morgan fingerprint density at radius 2 is 2.18 bits per heavy atom. The third-order valence-electron chi connectivity index (χ3n) is 2.61. The van der Waals surface area contributed by atoms with E-state index in [1.165, 1.54) is 18.1 Å². The number of nitrogens with one attached hydrogen (secondary N) is 1. The second-order valence-electron chi connectivity index (χ2n) is 4.40. The Labute approximate surface area is 104 Å². The van der Waals surface area contributed by atoms with Crippen LogP contribution in [-0.2, 0) is 6.42 Å².